The van der Waals surface area contributed by atoms with Gasteiger partial charge in [-0.2, -0.15) is 0 Å². The molecule has 0 spiro atoms. The van der Waals surface area contributed by atoms with Gasteiger partial charge >= 0.3 is 0 Å². The van der Waals surface area contributed by atoms with Crippen LogP contribution in [-0.4, -0.2) is 41.5 Å². The lowest BCUT2D eigenvalue weighted by Crippen LogP contribution is -2.45. The third-order valence-corrected chi connectivity index (χ3v) is 5.93. The Morgan fingerprint density at radius 2 is 1.96 bits per heavy atom. The first-order valence-corrected chi connectivity index (χ1v) is 10.5. The van der Waals surface area contributed by atoms with Crippen LogP contribution >= 0.6 is 11.3 Å². The number of carbonyl (C=O) groups excluding carboxylic acids is 1. The minimum Gasteiger partial charge on any atom is -0.352 e. The molecular weight excluding hydrogens is 342 g/mol. The summed E-state index contributed by atoms with van der Waals surface area (Å²) in [5, 5.41) is 4.26. The van der Waals surface area contributed by atoms with Crippen LogP contribution in [0.1, 0.15) is 42.5 Å². The number of thiazole rings is 1. The largest absolute Gasteiger partial charge is 0.352 e. The summed E-state index contributed by atoms with van der Waals surface area (Å²) >= 11 is 1.63. The van der Waals surface area contributed by atoms with Crippen LogP contribution in [0.4, 0.5) is 0 Å². The molecule has 0 aliphatic carbocycles. The van der Waals surface area contributed by atoms with Gasteiger partial charge < -0.3 is 10.2 Å². The summed E-state index contributed by atoms with van der Waals surface area (Å²) in [6.45, 7) is 7.46. The number of hydrogen-bond acceptors (Lipinski definition) is 4. The molecule has 1 aromatic carbocycles. The molecule has 5 heteroatoms. The zero-order valence-corrected chi connectivity index (χ0v) is 16.6. The first-order chi connectivity index (χ1) is 12.7. The average Bonchev–Trinajstić information content (AvgIpc) is 3.02. The Balaban J connectivity index is 1.62. The lowest BCUT2D eigenvalue weighted by Gasteiger charge is -2.30. The monoisotopic (exact) mass is 371 g/mol. The minimum absolute atomic E-state index is 0.106. The number of rotatable bonds is 7. The molecule has 2 heterocycles. The second-order valence-electron chi connectivity index (χ2n) is 7.08. The van der Waals surface area contributed by atoms with Crippen LogP contribution in [0.2, 0.25) is 0 Å². The smallest absolute Gasteiger partial charge is 0.225 e. The Kier molecular flexibility index (Phi) is 6.80. The van der Waals surface area contributed by atoms with Gasteiger partial charge in [0.25, 0.3) is 0 Å². The predicted octanol–water partition coefficient (Wildman–Crippen LogP) is 4.04. The molecular formula is C21H29N3OS. The highest BCUT2D eigenvalue weighted by atomic mass is 32.1. The van der Waals surface area contributed by atoms with E-state index in [2.05, 4.69) is 34.3 Å². The van der Waals surface area contributed by atoms with E-state index in [1.165, 1.54) is 32.4 Å². The van der Waals surface area contributed by atoms with Crippen molar-refractivity contribution in [1.82, 2.24) is 15.2 Å². The Morgan fingerprint density at radius 1 is 1.23 bits per heavy atom. The predicted molar refractivity (Wildman–Crippen MR) is 109 cm³/mol. The average molecular weight is 372 g/mol. The molecule has 1 aliphatic rings. The molecule has 1 N–H and O–H groups in total. The van der Waals surface area contributed by atoms with Crippen molar-refractivity contribution in [3.05, 3.63) is 40.2 Å². The van der Waals surface area contributed by atoms with Crippen LogP contribution < -0.4 is 5.32 Å². The highest BCUT2D eigenvalue weighted by molar-refractivity contribution is 7.12. The van der Waals surface area contributed by atoms with Crippen molar-refractivity contribution in [1.29, 1.82) is 0 Å². The summed E-state index contributed by atoms with van der Waals surface area (Å²) in [6.07, 6.45) is 5.28. The van der Waals surface area contributed by atoms with Gasteiger partial charge in [-0.05, 0) is 39.3 Å². The van der Waals surface area contributed by atoms with Gasteiger partial charge in [-0.1, -0.05) is 43.7 Å². The SMILES string of the molecule is CC[C@H](CN1CCCCC1)NC(=O)Cc1sc(C)nc1-c1ccccc1. The van der Waals surface area contributed by atoms with Crippen LogP contribution in [0.25, 0.3) is 11.3 Å². The Bertz CT molecular complexity index is 707. The molecule has 1 aliphatic heterocycles. The fourth-order valence-corrected chi connectivity index (χ4v) is 4.52. The molecule has 3 rings (SSSR count). The van der Waals surface area contributed by atoms with Crippen LogP contribution in [0, 0.1) is 6.92 Å². The minimum atomic E-state index is 0.106. The molecule has 2 aromatic rings. The second kappa shape index (κ2) is 9.28. The molecule has 1 amide bonds. The van der Waals surface area contributed by atoms with Crippen molar-refractivity contribution >= 4 is 17.2 Å². The van der Waals surface area contributed by atoms with Crippen LogP contribution in [0.5, 0.6) is 0 Å². The zero-order valence-electron chi connectivity index (χ0n) is 15.8. The number of carbonyl (C=O) groups is 1. The van der Waals surface area contributed by atoms with Gasteiger partial charge in [0.2, 0.25) is 5.91 Å². The number of likely N-dealkylation sites (tertiary alicyclic amines) is 1. The van der Waals surface area contributed by atoms with E-state index in [-0.39, 0.29) is 11.9 Å². The summed E-state index contributed by atoms with van der Waals surface area (Å²) in [5.41, 5.74) is 2.03. The number of hydrogen-bond donors (Lipinski definition) is 1. The number of benzene rings is 1. The Hall–Kier alpha value is -1.72. The van der Waals surface area contributed by atoms with Gasteiger partial charge in [0.1, 0.15) is 0 Å². The maximum Gasteiger partial charge on any atom is 0.225 e. The molecule has 0 bridgehead atoms. The number of aromatic nitrogens is 1. The molecule has 1 atom stereocenters. The molecule has 140 valence electrons. The van der Waals surface area contributed by atoms with Gasteiger partial charge in [-0.3, -0.25) is 4.79 Å². The normalized spacial score (nSPS) is 16.4. The molecule has 1 saturated heterocycles. The van der Waals surface area contributed by atoms with Crippen LogP contribution in [-0.2, 0) is 11.2 Å². The lowest BCUT2D eigenvalue weighted by molar-refractivity contribution is -0.121. The molecule has 1 aromatic heterocycles. The van der Waals surface area contributed by atoms with E-state index in [1.54, 1.807) is 11.3 Å². The van der Waals surface area contributed by atoms with Gasteiger partial charge in [-0.25, -0.2) is 4.98 Å². The third-order valence-electron chi connectivity index (χ3n) is 4.96. The summed E-state index contributed by atoms with van der Waals surface area (Å²) in [6, 6.07) is 10.4. The van der Waals surface area contributed by atoms with Crippen LogP contribution in [0.15, 0.2) is 30.3 Å². The van der Waals surface area contributed by atoms with Crippen molar-refractivity contribution in [2.75, 3.05) is 19.6 Å². The highest BCUT2D eigenvalue weighted by Gasteiger charge is 2.19. The van der Waals surface area contributed by atoms with E-state index in [0.29, 0.717) is 6.42 Å². The van der Waals surface area contributed by atoms with E-state index < -0.39 is 0 Å². The zero-order chi connectivity index (χ0) is 18.4. The van der Waals surface area contributed by atoms with Crippen molar-refractivity contribution in [2.45, 2.75) is 52.0 Å². The molecule has 26 heavy (non-hydrogen) atoms. The van der Waals surface area contributed by atoms with Crippen molar-refractivity contribution in [2.24, 2.45) is 0 Å². The van der Waals surface area contributed by atoms with E-state index in [1.807, 2.05) is 25.1 Å². The fourth-order valence-electron chi connectivity index (χ4n) is 3.57. The number of aryl methyl sites for hydroxylation is 1. The second-order valence-corrected chi connectivity index (χ2v) is 8.37. The maximum absolute atomic E-state index is 12.7. The molecule has 1 fully saturated rings. The number of nitrogens with one attached hydrogen (secondary N) is 1. The highest BCUT2D eigenvalue weighted by Crippen LogP contribution is 2.28. The quantitative estimate of drug-likeness (QED) is 0.799. The standard InChI is InChI=1S/C21H29N3OS/c1-3-18(15-24-12-8-5-9-13-24)23-20(25)14-19-21(22-16(2)26-19)17-10-6-4-7-11-17/h4,6-7,10-11,18H,3,5,8-9,12-15H2,1-2H3,(H,23,25)/t18-/m1/s1. The van der Waals surface area contributed by atoms with E-state index >= 15 is 0 Å². The third kappa shape index (κ3) is 5.15. The van der Waals surface area contributed by atoms with Crippen LogP contribution in [0.3, 0.4) is 0 Å². The number of amides is 1. The Morgan fingerprint density at radius 3 is 2.65 bits per heavy atom. The lowest BCUT2D eigenvalue weighted by atomic mass is 10.1. The maximum atomic E-state index is 12.7. The molecule has 4 nitrogen and oxygen atoms in total. The molecule has 0 unspecified atom stereocenters. The van der Waals surface area contributed by atoms with Gasteiger partial charge in [-0.15, -0.1) is 11.3 Å². The van der Waals surface area contributed by atoms with Gasteiger partial charge in [0, 0.05) is 23.0 Å². The summed E-state index contributed by atoms with van der Waals surface area (Å²) in [4.78, 5) is 20.9. The summed E-state index contributed by atoms with van der Waals surface area (Å²) in [5.74, 6) is 0.106. The van der Waals surface area contributed by atoms with Crippen molar-refractivity contribution < 1.29 is 4.79 Å². The van der Waals surface area contributed by atoms with E-state index in [9.17, 15) is 4.79 Å². The summed E-state index contributed by atoms with van der Waals surface area (Å²) in [7, 11) is 0. The summed E-state index contributed by atoms with van der Waals surface area (Å²) < 4.78 is 0. The number of piperidine rings is 1. The Labute approximate surface area is 160 Å². The number of nitrogens with zero attached hydrogens (tertiary/aromatic N) is 2. The molecule has 0 saturated carbocycles. The fraction of sp³-hybridized carbons (Fsp3) is 0.524. The van der Waals surface area contributed by atoms with Gasteiger partial charge in [0.15, 0.2) is 0 Å². The van der Waals surface area contributed by atoms with Crippen molar-refractivity contribution in [3.63, 3.8) is 0 Å². The van der Waals surface area contributed by atoms with E-state index in [4.69, 9.17) is 0 Å². The van der Waals surface area contributed by atoms with Crippen molar-refractivity contribution in [3.8, 4) is 11.3 Å². The first kappa shape index (κ1) is 19.1. The van der Waals surface area contributed by atoms with Gasteiger partial charge in [0.05, 0.1) is 17.1 Å². The first-order valence-electron chi connectivity index (χ1n) is 9.69. The van der Waals surface area contributed by atoms with E-state index in [0.717, 1.165) is 34.1 Å². The topological polar surface area (TPSA) is 45.2 Å². The molecule has 0 radical (unpaired) electrons.